The Hall–Kier alpha value is -3.68. The third-order valence-corrected chi connectivity index (χ3v) is 3.99. The Morgan fingerprint density at radius 3 is 2.46 bits per heavy atom. The van der Waals surface area contributed by atoms with E-state index in [1.54, 1.807) is 37.3 Å². The maximum atomic E-state index is 13.0. The normalized spacial score (nSPS) is 12.4. The molecule has 2 heterocycles. The van der Waals surface area contributed by atoms with Crippen LogP contribution in [0.15, 0.2) is 48.5 Å². The Morgan fingerprint density at radius 1 is 0.964 bits per heavy atom. The lowest BCUT2D eigenvalue weighted by atomic mass is 10.2. The van der Waals surface area contributed by atoms with Crippen molar-refractivity contribution in [3.63, 3.8) is 0 Å². The van der Waals surface area contributed by atoms with Crippen molar-refractivity contribution in [1.82, 2.24) is 9.97 Å². The van der Waals surface area contributed by atoms with Gasteiger partial charge in [-0.05, 0) is 43.3 Å². The number of fused-ring (bicyclic) bond motifs is 1. The first-order chi connectivity index (χ1) is 13.6. The van der Waals surface area contributed by atoms with E-state index in [2.05, 4.69) is 20.6 Å². The molecule has 0 fully saturated rings. The number of nitrogens with zero attached hydrogens (tertiary/aromatic N) is 2. The lowest BCUT2D eigenvalue weighted by Crippen LogP contribution is -2.17. The summed E-state index contributed by atoms with van der Waals surface area (Å²) in [6, 6.07) is 12.6. The fraction of sp³-hybridized carbons (Fsp3) is 0.150. The fourth-order valence-electron chi connectivity index (χ4n) is 2.75. The first-order valence-corrected chi connectivity index (χ1v) is 8.66. The van der Waals surface area contributed by atoms with Gasteiger partial charge < -0.3 is 20.1 Å². The molecule has 28 heavy (non-hydrogen) atoms. The van der Waals surface area contributed by atoms with Gasteiger partial charge in [0.15, 0.2) is 11.5 Å². The minimum atomic E-state index is -0.385. The van der Waals surface area contributed by atoms with Gasteiger partial charge >= 0.3 is 0 Å². The summed E-state index contributed by atoms with van der Waals surface area (Å²) in [5.74, 6) is 1.38. The molecule has 0 saturated carbocycles. The molecule has 0 unspecified atom stereocenters. The Bertz CT molecular complexity index is 1020. The summed E-state index contributed by atoms with van der Waals surface area (Å²) in [6.45, 7) is 2.66. The van der Waals surface area contributed by atoms with Gasteiger partial charge in [0, 0.05) is 23.5 Å². The van der Waals surface area contributed by atoms with Gasteiger partial charge in [-0.1, -0.05) is 0 Å². The van der Waals surface area contributed by atoms with E-state index in [-0.39, 0.29) is 17.4 Å². The summed E-state index contributed by atoms with van der Waals surface area (Å²) in [6.07, 6.45) is 0. The van der Waals surface area contributed by atoms with Crippen LogP contribution in [0, 0.1) is 12.7 Å². The third-order valence-electron chi connectivity index (χ3n) is 3.99. The zero-order valence-electron chi connectivity index (χ0n) is 15.0. The molecule has 1 amide bonds. The maximum absolute atomic E-state index is 13.0. The number of anilines is 3. The highest BCUT2D eigenvalue weighted by Crippen LogP contribution is 2.32. The van der Waals surface area contributed by atoms with Crippen LogP contribution in [0.1, 0.15) is 16.3 Å². The van der Waals surface area contributed by atoms with Gasteiger partial charge in [0.1, 0.15) is 36.4 Å². The van der Waals surface area contributed by atoms with Crippen LogP contribution in [0.2, 0.25) is 0 Å². The largest absolute Gasteiger partial charge is 0.486 e. The highest BCUT2D eigenvalue weighted by molar-refractivity contribution is 6.03. The molecule has 1 aliphatic rings. The summed E-state index contributed by atoms with van der Waals surface area (Å²) < 4.78 is 24.0. The number of amides is 1. The molecule has 4 rings (SSSR count). The van der Waals surface area contributed by atoms with Crippen molar-refractivity contribution in [3.05, 3.63) is 65.9 Å². The molecular formula is C20H17FN4O3. The molecule has 1 aromatic heterocycles. The van der Waals surface area contributed by atoms with Crippen LogP contribution in [0.25, 0.3) is 0 Å². The number of aryl methyl sites for hydroxylation is 1. The number of rotatable bonds is 4. The fourth-order valence-corrected chi connectivity index (χ4v) is 2.75. The number of halogens is 1. The van der Waals surface area contributed by atoms with E-state index in [0.29, 0.717) is 47.7 Å². The van der Waals surface area contributed by atoms with Crippen molar-refractivity contribution in [2.24, 2.45) is 0 Å². The predicted molar refractivity (Wildman–Crippen MR) is 102 cm³/mol. The zero-order valence-corrected chi connectivity index (χ0v) is 15.0. The number of ether oxygens (including phenoxy) is 2. The zero-order chi connectivity index (χ0) is 19.5. The van der Waals surface area contributed by atoms with Crippen molar-refractivity contribution in [2.45, 2.75) is 6.92 Å². The predicted octanol–water partition coefficient (Wildman–Crippen LogP) is 3.69. The number of aromatic nitrogens is 2. The second-order valence-electron chi connectivity index (χ2n) is 6.13. The van der Waals surface area contributed by atoms with Gasteiger partial charge in [-0.15, -0.1) is 0 Å². The number of nitrogens with one attached hydrogen (secondary N) is 2. The minimum absolute atomic E-state index is 0.201. The third kappa shape index (κ3) is 4.01. The van der Waals surface area contributed by atoms with Crippen molar-refractivity contribution in [3.8, 4) is 11.5 Å². The number of carbonyl (C=O) groups is 1. The summed E-state index contributed by atoms with van der Waals surface area (Å²) >= 11 is 0. The SMILES string of the molecule is Cc1nc(Nc2ccc(F)cc2)cc(C(=O)Nc2ccc3c(c2)OCCO3)n1. The first kappa shape index (κ1) is 17.7. The first-order valence-electron chi connectivity index (χ1n) is 8.66. The van der Waals surface area contributed by atoms with Crippen LogP contribution in [0.4, 0.5) is 21.6 Å². The number of benzene rings is 2. The molecule has 7 nitrogen and oxygen atoms in total. The standard InChI is InChI=1S/C20H17FN4O3/c1-12-22-16(11-19(23-12)24-14-4-2-13(21)3-5-14)20(26)25-15-6-7-17-18(10-15)28-9-8-27-17/h2-7,10-11H,8-9H2,1H3,(H,25,26)(H,22,23,24). The molecule has 0 aliphatic carbocycles. The summed E-state index contributed by atoms with van der Waals surface area (Å²) in [4.78, 5) is 21.1. The second-order valence-corrected chi connectivity index (χ2v) is 6.13. The Morgan fingerprint density at radius 2 is 1.68 bits per heavy atom. The van der Waals surface area contributed by atoms with Crippen molar-refractivity contribution >= 4 is 23.1 Å². The average Bonchev–Trinajstić information content (AvgIpc) is 2.69. The Labute approximate surface area is 160 Å². The Kier molecular flexibility index (Phi) is 4.76. The number of hydrogen-bond acceptors (Lipinski definition) is 6. The average molecular weight is 380 g/mol. The number of carbonyl (C=O) groups excluding carboxylic acids is 1. The lowest BCUT2D eigenvalue weighted by molar-refractivity contribution is 0.102. The van der Waals surface area contributed by atoms with Crippen molar-refractivity contribution < 1.29 is 18.7 Å². The van der Waals surface area contributed by atoms with Crippen LogP contribution in [0.3, 0.4) is 0 Å². The van der Waals surface area contributed by atoms with E-state index in [1.807, 2.05) is 0 Å². The smallest absolute Gasteiger partial charge is 0.274 e. The molecule has 8 heteroatoms. The Balaban J connectivity index is 1.52. The molecule has 2 aromatic carbocycles. The van der Waals surface area contributed by atoms with E-state index >= 15 is 0 Å². The summed E-state index contributed by atoms with van der Waals surface area (Å²) in [5, 5.41) is 5.83. The summed E-state index contributed by atoms with van der Waals surface area (Å²) in [5.41, 5.74) is 1.42. The van der Waals surface area contributed by atoms with Crippen LogP contribution in [0.5, 0.6) is 11.5 Å². The topological polar surface area (TPSA) is 85.4 Å². The lowest BCUT2D eigenvalue weighted by Gasteiger charge is -2.19. The molecule has 0 atom stereocenters. The van der Waals surface area contributed by atoms with Crippen molar-refractivity contribution in [1.29, 1.82) is 0 Å². The van der Waals surface area contributed by atoms with Gasteiger partial charge in [-0.3, -0.25) is 4.79 Å². The quantitative estimate of drug-likeness (QED) is 0.718. The molecule has 0 bridgehead atoms. The second kappa shape index (κ2) is 7.51. The van der Waals surface area contributed by atoms with Crippen LogP contribution in [-0.2, 0) is 0 Å². The molecular weight excluding hydrogens is 363 g/mol. The van der Waals surface area contributed by atoms with Gasteiger partial charge in [-0.2, -0.15) is 0 Å². The van der Waals surface area contributed by atoms with Gasteiger partial charge in [0.2, 0.25) is 0 Å². The van der Waals surface area contributed by atoms with E-state index < -0.39 is 0 Å². The van der Waals surface area contributed by atoms with E-state index in [4.69, 9.17) is 9.47 Å². The highest BCUT2D eigenvalue weighted by Gasteiger charge is 2.15. The van der Waals surface area contributed by atoms with Gasteiger partial charge in [-0.25, -0.2) is 14.4 Å². The molecule has 0 spiro atoms. The van der Waals surface area contributed by atoms with Crippen molar-refractivity contribution in [2.75, 3.05) is 23.8 Å². The maximum Gasteiger partial charge on any atom is 0.274 e. The van der Waals surface area contributed by atoms with E-state index in [1.165, 1.54) is 18.2 Å². The number of hydrogen-bond donors (Lipinski definition) is 2. The molecule has 0 saturated heterocycles. The molecule has 0 radical (unpaired) electrons. The van der Waals surface area contributed by atoms with Gasteiger partial charge in [0.25, 0.3) is 5.91 Å². The van der Waals surface area contributed by atoms with Crippen LogP contribution < -0.4 is 20.1 Å². The molecule has 2 N–H and O–H groups in total. The molecule has 1 aliphatic heterocycles. The molecule has 142 valence electrons. The van der Waals surface area contributed by atoms with Gasteiger partial charge in [0.05, 0.1) is 0 Å². The minimum Gasteiger partial charge on any atom is -0.486 e. The van der Waals surface area contributed by atoms with E-state index in [9.17, 15) is 9.18 Å². The van der Waals surface area contributed by atoms with Crippen LogP contribution >= 0.6 is 0 Å². The highest BCUT2D eigenvalue weighted by atomic mass is 19.1. The molecule has 3 aromatic rings. The monoisotopic (exact) mass is 380 g/mol. The summed E-state index contributed by atoms with van der Waals surface area (Å²) in [7, 11) is 0. The van der Waals surface area contributed by atoms with Crippen LogP contribution in [-0.4, -0.2) is 29.1 Å². The van der Waals surface area contributed by atoms with E-state index in [0.717, 1.165) is 0 Å².